The zero-order valence-electron chi connectivity index (χ0n) is 12.2. The van der Waals surface area contributed by atoms with Crippen molar-refractivity contribution in [3.63, 3.8) is 0 Å². The van der Waals surface area contributed by atoms with Crippen LogP contribution < -0.4 is 5.32 Å². The second kappa shape index (κ2) is 5.35. The van der Waals surface area contributed by atoms with Gasteiger partial charge in [0.15, 0.2) is 0 Å². The van der Waals surface area contributed by atoms with Crippen LogP contribution in [0.4, 0.5) is 0 Å². The number of nitrogens with one attached hydrogen (secondary N) is 1. The molecule has 5 nitrogen and oxygen atoms in total. The summed E-state index contributed by atoms with van der Waals surface area (Å²) in [6.07, 6.45) is 6.32. The van der Waals surface area contributed by atoms with Crippen molar-refractivity contribution >= 4 is 11.8 Å². The summed E-state index contributed by atoms with van der Waals surface area (Å²) in [4.78, 5) is 25.8. The molecule has 5 heteroatoms. The fourth-order valence-corrected chi connectivity index (χ4v) is 3.64. The van der Waals surface area contributed by atoms with Crippen molar-refractivity contribution in [3.8, 4) is 0 Å². The Labute approximate surface area is 120 Å². The molecule has 0 radical (unpaired) electrons. The zero-order chi connectivity index (χ0) is 14.2. The van der Waals surface area contributed by atoms with E-state index in [4.69, 9.17) is 4.74 Å². The van der Waals surface area contributed by atoms with Gasteiger partial charge in [-0.1, -0.05) is 0 Å². The van der Waals surface area contributed by atoms with E-state index in [1.54, 1.807) is 0 Å². The molecule has 2 heterocycles. The summed E-state index contributed by atoms with van der Waals surface area (Å²) < 4.78 is 6.03. The van der Waals surface area contributed by atoms with Crippen LogP contribution in [0.15, 0.2) is 0 Å². The number of amides is 2. The molecule has 20 heavy (non-hydrogen) atoms. The molecule has 2 unspecified atom stereocenters. The number of rotatable bonds is 2. The molecular formula is C15H24N2O3. The molecule has 1 N–H and O–H groups in total. The molecule has 0 aromatic carbocycles. The smallest absolute Gasteiger partial charge is 0.224 e. The highest BCUT2D eigenvalue weighted by Crippen LogP contribution is 2.39. The number of carbonyl (C=O) groups excluding carboxylic acids is 2. The minimum absolute atomic E-state index is 0.0271. The number of ether oxygens (including phenoxy) is 1. The monoisotopic (exact) mass is 280 g/mol. The maximum absolute atomic E-state index is 12.5. The summed E-state index contributed by atoms with van der Waals surface area (Å²) >= 11 is 0. The molecule has 0 aromatic heterocycles. The zero-order valence-corrected chi connectivity index (χ0v) is 12.2. The number of morpholine rings is 1. The Morgan fingerprint density at radius 3 is 2.90 bits per heavy atom. The Balaban J connectivity index is 1.57. The maximum Gasteiger partial charge on any atom is 0.224 e. The van der Waals surface area contributed by atoms with Crippen LogP contribution in [0.1, 0.15) is 51.9 Å². The fraction of sp³-hybridized carbons (Fsp3) is 0.867. The predicted octanol–water partition coefficient (Wildman–Crippen LogP) is 1.22. The molecule has 0 bridgehead atoms. The van der Waals surface area contributed by atoms with Crippen molar-refractivity contribution in [3.05, 3.63) is 0 Å². The van der Waals surface area contributed by atoms with Crippen LogP contribution in [0.25, 0.3) is 0 Å². The van der Waals surface area contributed by atoms with Crippen LogP contribution in [0.3, 0.4) is 0 Å². The number of hydrogen-bond acceptors (Lipinski definition) is 3. The van der Waals surface area contributed by atoms with Gasteiger partial charge in [-0.25, -0.2) is 0 Å². The Hall–Kier alpha value is -1.10. The van der Waals surface area contributed by atoms with Gasteiger partial charge in [-0.2, -0.15) is 0 Å². The average molecular weight is 280 g/mol. The quantitative estimate of drug-likeness (QED) is 0.827. The first-order valence-corrected chi connectivity index (χ1v) is 7.81. The van der Waals surface area contributed by atoms with E-state index in [1.165, 1.54) is 6.42 Å². The highest BCUT2D eigenvalue weighted by Gasteiger charge is 2.45. The Morgan fingerprint density at radius 2 is 2.25 bits per heavy atom. The van der Waals surface area contributed by atoms with Gasteiger partial charge in [-0.15, -0.1) is 0 Å². The van der Waals surface area contributed by atoms with Gasteiger partial charge in [-0.05, 0) is 39.0 Å². The molecule has 2 saturated heterocycles. The van der Waals surface area contributed by atoms with Gasteiger partial charge < -0.3 is 15.0 Å². The lowest BCUT2D eigenvalue weighted by Crippen LogP contribution is -2.60. The van der Waals surface area contributed by atoms with Crippen LogP contribution in [0, 0.1) is 0 Å². The fourth-order valence-electron chi connectivity index (χ4n) is 3.64. The lowest BCUT2D eigenvalue weighted by molar-refractivity contribution is -0.191. The third-order valence-corrected chi connectivity index (χ3v) is 4.77. The predicted molar refractivity (Wildman–Crippen MR) is 74.1 cm³/mol. The standard InChI is InChI=1S/C15H24N2O3/c1-11-9-17(10-15(20-11)6-3-7-15)14(19)8-12-4-2-5-13(18)16-12/h11-12H,2-10H2,1H3,(H,16,18). The second-order valence-corrected chi connectivity index (χ2v) is 6.60. The van der Waals surface area contributed by atoms with Crippen molar-refractivity contribution in [2.45, 2.75) is 69.6 Å². The molecule has 0 aromatic rings. The van der Waals surface area contributed by atoms with E-state index in [9.17, 15) is 9.59 Å². The molecule has 3 fully saturated rings. The Bertz CT molecular complexity index is 406. The summed E-state index contributed by atoms with van der Waals surface area (Å²) in [5, 5.41) is 2.93. The van der Waals surface area contributed by atoms with Gasteiger partial charge in [0.1, 0.15) is 0 Å². The molecule has 112 valence electrons. The molecule has 2 amide bonds. The lowest BCUT2D eigenvalue weighted by Gasteiger charge is -2.50. The average Bonchev–Trinajstić information content (AvgIpc) is 2.36. The van der Waals surface area contributed by atoms with Crippen LogP contribution >= 0.6 is 0 Å². The summed E-state index contributed by atoms with van der Waals surface area (Å²) in [6, 6.07) is 0.0271. The SMILES string of the molecule is CC1CN(C(=O)CC2CCCC(=O)N2)CC2(CCC2)O1. The number of nitrogens with zero attached hydrogens (tertiary/aromatic N) is 1. The molecule has 3 rings (SSSR count). The molecule has 3 aliphatic rings. The molecular weight excluding hydrogens is 256 g/mol. The van der Waals surface area contributed by atoms with Crippen molar-refractivity contribution < 1.29 is 14.3 Å². The number of piperidine rings is 1. The Kier molecular flexibility index (Phi) is 3.71. The summed E-state index contributed by atoms with van der Waals surface area (Å²) in [5.41, 5.74) is -0.0663. The van der Waals surface area contributed by atoms with E-state index in [1.807, 2.05) is 11.8 Å². The first kappa shape index (κ1) is 13.9. The maximum atomic E-state index is 12.5. The minimum Gasteiger partial charge on any atom is -0.368 e. The summed E-state index contributed by atoms with van der Waals surface area (Å²) in [5.74, 6) is 0.249. The van der Waals surface area contributed by atoms with Crippen molar-refractivity contribution in [2.24, 2.45) is 0 Å². The van der Waals surface area contributed by atoms with E-state index in [0.717, 1.165) is 32.2 Å². The molecule has 2 atom stereocenters. The summed E-state index contributed by atoms with van der Waals surface area (Å²) in [6.45, 7) is 3.46. The normalized spacial score (nSPS) is 32.6. The number of carbonyl (C=O) groups is 2. The van der Waals surface area contributed by atoms with E-state index in [0.29, 0.717) is 19.4 Å². The van der Waals surface area contributed by atoms with Crippen LogP contribution in [-0.4, -0.2) is 47.6 Å². The van der Waals surface area contributed by atoms with Crippen molar-refractivity contribution in [2.75, 3.05) is 13.1 Å². The van der Waals surface area contributed by atoms with Gasteiger partial charge >= 0.3 is 0 Å². The largest absolute Gasteiger partial charge is 0.368 e. The first-order valence-electron chi connectivity index (χ1n) is 7.81. The van der Waals surface area contributed by atoms with Crippen LogP contribution in [-0.2, 0) is 14.3 Å². The lowest BCUT2D eigenvalue weighted by atomic mass is 9.78. The topological polar surface area (TPSA) is 58.6 Å². The third kappa shape index (κ3) is 2.82. The molecule has 1 spiro atoms. The van der Waals surface area contributed by atoms with Crippen molar-refractivity contribution in [1.82, 2.24) is 10.2 Å². The van der Waals surface area contributed by atoms with E-state index in [2.05, 4.69) is 5.32 Å². The van der Waals surface area contributed by atoms with Crippen LogP contribution in [0.5, 0.6) is 0 Å². The highest BCUT2D eigenvalue weighted by molar-refractivity contribution is 5.80. The third-order valence-electron chi connectivity index (χ3n) is 4.77. The summed E-state index contributed by atoms with van der Waals surface area (Å²) in [7, 11) is 0. The van der Waals surface area contributed by atoms with Gasteiger partial charge in [0.2, 0.25) is 11.8 Å². The second-order valence-electron chi connectivity index (χ2n) is 6.60. The molecule has 1 saturated carbocycles. The van der Waals surface area contributed by atoms with E-state index < -0.39 is 0 Å². The van der Waals surface area contributed by atoms with Crippen LogP contribution in [0.2, 0.25) is 0 Å². The highest BCUT2D eigenvalue weighted by atomic mass is 16.5. The molecule has 1 aliphatic carbocycles. The van der Waals surface area contributed by atoms with Gasteiger partial charge in [-0.3, -0.25) is 9.59 Å². The Morgan fingerprint density at radius 1 is 1.45 bits per heavy atom. The first-order chi connectivity index (χ1) is 9.56. The van der Waals surface area contributed by atoms with Gasteiger partial charge in [0, 0.05) is 32.0 Å². The van der Waals surface area contributed by atoms with Crippen molar-refractivity contribution in [1.29, 1.82) is 0 Å². The van der Waals surface area contributed by atoms with Gasteiger partial charge in [0.25, 0.3) is 0 Å². The number of hydrogen-bond donors (Lipinski definition) is 1. The minimum atomic E-state index is -0.0663. The van der Waals surface area contributed by atoms with E-state index in [-0.39, 0.29) is 29.6 Å². The van der Waals surface area contributed by atoms with Gasteiger partial charge in [0.05, 0.1) is 11.7 Å². The van der Waals surface area contributed by atoms with E-state index >= 15 is 0 Å². The molecule has 2 aliphatic heterocycles.